The number of hydrogen-bond donors (Lipinski definition) is 1. The van der Waals surface area contributed by atoms with Crippen molar-refractivity contribution < 1.29 is 0 Å². The summed E-state index contributed by atoms with van der Waals surface area (Å²) in [6.07, 6.45) is 3.60. The first-order valence-electron chi connectivity index (χ1n) is 8.13. The van der Waals surface area contributed by atoms with Gasteiger partial charge in [-0.25, -0.2) is 0 Å². The Balaban J connectivity index is 1.96. The lowest BCUT2D eigenvalue weighted by atomic mass is 9.87. The van der Waals surface area contributed by atoms with Gasteiger partial charge >= 0.3 is 0 Å². The fraction of sp³-hybridized carbons (Fsp3) is 0.647. The lowest BCUT2D eigenvalue weighted by Gasteiger charge is -2.49. The van der Waals surface area contributed by atoms with E-state index in [1.54, 1.807) is 0 Å². The van der Waals surface area contributed by atoms with Crippen molar-refractivity contribution in [1.29, 1.82) is 0 Å². The monoisotopic (exact) mass is 288 g/mol. The summed E-state index contributed by atoms with van der Waals surface area (Å²) in [5, 5.41) is 0. The number of nitrogens with zero attached hydrogens (tertiary/aromatic N) is 3. The van der Waals surface area contributed by atoms with Crippen molar-refractivity contribution in [3.05, 3.63) is 24.3 Å². The van der Waals surface area contributed by atoms with Gasteiger partial charge in [-0.15, -0.1) is 0 Å². The first-order chi connectivity index (χ1) is 10.2. The summed E-state index contributed by atoms with van der Waals surface area (Å²) < 4.78 is 0. The molecule has 4 nitrogen and oxygen atoms in total. The number of rotatable bonds is 2. The van der Waals surface area contributed by atoms with Crippen molar-refractivity contribution in [1.82, 2.24) is 4.90 Å². The van der Waals surface area contributed by atoms with Gasteiger partial charge in [-0.1, -0.05) is 12.1 Å². The molecule has 116 valence electrons. The van der Waals surface area contributed by atoms with Crippen LogP contribution in [0.15, 0.2) is 24.3 Å². The van der Waals surface area contributed by atoms with E-state index in [4.69, 9.17) is 5.73 Å². The number of hydrogen-bond acceptors (Lipinski definition) is 4. The van der Waals surface area contributed by atoms with Gasteiger partial charge in [-0.05, 0) is 45.0 Å². The third kappa shape index (κ3) is 2.62. The maximum Gasteiger partial charge on any atom is 0.0609 e. The van der Waals surface area contributed by atoms with Crippen LogP contribution in [-0.2, 0) is 0 Å². The van der Waals surface area contributed by atoms with Crippen LogP contribution in [0.2, 0.25) is 0 Å². The summed E-state index contributed by atoms with van der Waals surface area (Å²) in [6, 6.07) is 8.78. The molecule has 0 amide bonds. The maximum absolute atomic E-state index is 6.30. The molecule has 0 saturated carbocycles. The SMILES string of the molecule is CN1CCCC(CN)(N2CCN(C)c3ccccc32)CC1. The number of likely N-dealkylation sites (N-methyl/N-ethyl adjacent to an activating group) is 1. The fourth-order valence-electron chi connectivity index (χ4n) is 3.90. The quantitative estimate of drug-likeness (QED) is 0.899. The number of benzene rings is 1. The Morgan fingerprint density at radius 1 is 1.00 bits per heavy atom. The Hall–Kier alpha value is -1.26. The number of likely N-dealkylation sites (tertiary alicyclic amines) is 1. The summed E-state index contributed by atoms with van der Waals surface area (Å²) >= 11 is 0. The molecule has 3 rings (SSSR count). The number of fused-ring (bicyclic) bond motifs is 1. The van der Waals surface area contributed by atoms with E-state index in [1.165, 1.54) is 30.8 Å². The van der Waals surface area contributed by atoms with E-state index in [-0.39, 0.29) is 5.54 Å². The second-order valence-electron chi connectivity index (χ2n) is 6.65. The van der Waals surface area contributed by atoms with Gasteiger partial charge in [0, 0.05) is 33.2 Å². The highest BCUT2D eigenvalue weighted by Crippen LogP contribution is 2.39. The highest BCUT2D eigenvalue weighted by Gasteiger charge is 2.39. The standard InChI is InChI=1S/C17H28N4/c1-19-10-5-8-17(14-18,9-11-19)21-13-12-20(2)15-6-3-4-7-16(15)21/h3-4,6-7H,5,8-14,18H2,1-2H3. The van der Waals surface area contributed by atoms with Crippen LogP contribution in [0.5, 0.6) is 0 Å². The van der Waals surface area contributed by atoms with Crippen molar-refractivity contribution in [2.75, 3.05) is 56.6 Å². The lowest BCUT2D eigenvalue weighted by Crippen LogP contribution is -2.58. The molecule has 2 aliphatic heterocycles. The van der Waals surface area contributed by atoms with Crippen molar-refractivity contribution in [2.45, 2.75) is 24.8 Å². The average molecular weight is 288 g/mol. The van der Waals surface area contributed by atoms with E-state index >= 15 is 0 Å². The van der Waals surface area contributed by atoms with Crippen molar-refractivity contribution in [3.63, 3.8) is 0 Å². The van der Waals surface area contributed by atoms with Gasteiger partial charge in [0.25, 0.3) is 0 Å². The predicted octanol–water partition coefficient (Wildman–Crippen LogP) is 1.76. The minimum Gasteiger partial charge on any atom is -0.371 e. The third-order valence-corrected chi connectivity index (χ3v) is 5.34. The number of para-hydroxylation sites is 2. The summed E-state index contributed by atoms with van der Waals surface area (Å²) in [4.78, 5) is 7.42. The predicted molar refractivity (Wildman–Crippen MR) is 90.2 cm³/mol. The smallest absolute Gasteiger partial charge is 0.0609 e. The van der Waals surface area contributed by atoms with Crippen LogP contribution in [0.3, 0.4) is 0 Å². The molecule has 1 atom stereocenters. The van der Waals surface area contributed by atoms with Crippen LogP contribution in [0, 0.1) is 0 Å². The van der Waals surface area contributed by atoms with Crippen molar-refractivity contribution in [3.8, 4) is 0 Å². The van der Waals surface area contributed by atoms with Crippen molar-refractivity contribution in [2.24, 2.45) is 5.73 Å². The maximum atomic E-state index is 6.30. The van der Waals surface area contributed by atoms with Crippen LogP contribution in [0.4, 0.5) is 11.4 Å². The number of nitrogens with two attached hydrogens (primary N) is 1. The molecular formula is C17H28N4. The molecule has 0 aromatic heterocycles. The van der Waals surface area contributed by atoms with E-state index in [1.807, 2.05) is 0 Å². The molecule has 2 heterocycles. The van der Waals surface area contributed by atoms with Crippen LogP contribution in [-0.4, -0.2) is 57.3 Å². The molecular weight excluding hydrogens is 260 g/mol. The highest BCUT2D eigenvalue weighted by molar-refractivity contribution is 5.74. The van der Waals surface area contributed by atoms with Crippen molar-refractivity contribution >= 4 is 11.4 Å². The lowest BCUT2D eigenvalue weighted by molar-refractivity contribution is 0.317. The molecule has 0 aliphatic carbocycles. The summed E-state index contributed by atoms with van der Waals surface area (Å²) in [6.45, 7) is 5.24. The van der Waals surface area contributed by atoms with Gasteiger partial charge in [0.15, 0.2) is 0 Å². The summed E-state index contributed by atoms with van der Waals surface area (Å²) in [5.74, 6) is 0. The first-order valence-corrected chi connectivity index (χ1v) is 8.13. The molecule has 4 heteroatoms. The van der Waals surface area contributed by atoms with Crippen LogP contribution in [0.1, 0.15) is 19.3 Å². The molecule has 2 N–H and O–H groups in total. The third-order valence-electron chi connectivity index (χ3n) is 5.34. The van der Waals surface area contributed by atoms with Gasteiger partial charge in [-0.3, -0.25) is 0 Å². The van der Waals surface area contributed by atoms with E-state index in [0.29, 0.717) is 0 Å². The Morgan fingerprint density at radius 3 is 2.52 bits per heavy atom. The molecule has 1 fully saturated rings. The Labute approximate surface area is 128 Å². The fourth-order valence-corrected chi connectivity index (χ4v) is 3.90. The van der Waals surface area contributed by atoms with Gasteiger partial charge in [-0.2, -0.15) is 0 Å². The zero-order chi connectivity index (χ0) is 14.9. The minimum atomic E-state index is 0.127. The second-order valence-corrected chi connectivity index (χ2v) is 6.65. The topological polar surface area (TPSA) is 35.7 Å². The minimum absolute atomic E-state index is 0.127. The van der Waals surface area contributed by atoms with Crippen LogP contribution < -0.4 is 15.5 Å². The van der Waals surface area contributed by atoms with E-state index in [0.717, 1.165) is 32.6 Å². The number of anilines is 2. The largest absolute Gasteiger partial charge is 0.371 e. The Morgan fingerprint density at radius 2 is 1.76 bits per heavy atom. The molecule has 21 heavy (non-hydrogen) atoms. The average Bonchev–Trinajstić information content (AvgIpc) is 2.71. The van der Waals surface area contributed by atoms with E-state index in [2.05, 4.69) is 53.1 Å². The zero-order valence-electron chi connectivity index (χ0n) is 13.4. The summed E-state index contributed by atoms with van der Waals surface area (Å²) in [7, 11) is 4.41. The van der Waals surface area contributed by atoms with Gasteiger partial charge in [0.05, 0.1) is 16.9 Å². The normalized spacial score (nSPS) is 27.4. The Kier molecular flexibility index (Phi) is 4.09. The molecule has 0 bridgehead atoms. The molecule has 1 aromatic carbocycles. The van der Waals surface area contributed by atoms with Gasteiger partial charge < -0.3 is 20.4 Å². The van der Waals surface area contributed by atoms with E-state index in [9.17, 15) is 0 Å². The van der Waals surface area contributed by atoms with Gasteiger partial charge in [0.1, 0.15) is 0 Å². The van der Waals surface area contributed by atoms with Crippen LogP contribution in [0.25, 0.3) is 0 Å². The molecule has 0 radical (unpaired) electrons. The molecule has 1 aromatic rings. The van der Waals surface area contributed by atoms with Crippen LogP contribution >= 0.6 is 0 Å². The molecule has 1 unspecified atom stereocenters. The second kappa shape index (κ2) is 5.85. The first kappa shape index (κ1) is 14.7. The zero-order valence-corrected chi connectivity index (χ0v) is 13.4. The Bertz CT molecular complexity index is 489. The molecule has 2 aliphatic rings. The van der Waals surface area contributed by atoms with E-state index < -0.39 is 0 Å². The molecule has 1 saturated heterocycles. The highest BCUT2D eigenvalue weighted by atomic mass is 15.3. The van der Waals surface area contributed by atoms with Gasteiger partial charge in [0.2, 0.25) is 0 Å². The molecule has 0 spiro atoms. The summed E-state index contributed by atoms with van der Waals surface area (Å²) in [5.41, 5.74) is 9.13.